The first kappa shape index (κ1) is 17.3. The molecular weight excluding hydrogens is 386 g/mol. The zero-order chi connectivity index (χ0) is 18.8. The van der Waals surface area contributed by atoms with Gasteiger partial charge in [-0.25, -0.2) is 4.98 Å². The number of nitrogens with zero attached hydrogens (tertiary/aromatic N) is 4. The van der Waals surface area contributed by atoms with Gasteiger partial charge in [-0.15, -0.1) is 10.2 Å². The molecule has 0 saturated carbocycles. The molecule has 9 heteroatoms. The summed E-state index contributed by atoms with van der Waals surface area (Å²) in [6.45, 7) is -0.160. The van der Waals surface area contributed by atoms with E-state index < -0.39 is 0 Å². The molecule has 0 atom stereocenters. The number of amides is 1. The molecule has 0 aliphatic carbocycles. The van der Waals surface area contributed by atoms with Crippen LogP contribution in [0.15, 0.2) is 59.7 Å². The van der Waals surface area contributed by atoms with Crippen LogP contribution in [0.25, 0.3) is 21.5 Å². The summed E-state index contributed by atoms with van der Waals surface area (Å²) >= 11 is 7.11. The molecule has 1 amide bonds. The van der Waals surface area contributed by atoms with Crippen LogP contribution in [0.4, 0.5) is 5.13 Å². The minimum atomic E-state index is -0.381. The van der Waals surface area contributed by atoms with Crippen molar-refractivity contribution in [3.8, 4) is 10.6 Å². The Balaban J connectivity index is 1.49. The molecule has 0 aliphatic rings. The van der Waals surface area contributed by atoms with E-state index in [4.69, 9.17) is 11.6 Å². The minimum Gasteiger partial charge on any atom is -0.299 e. The molecule has 0 aliphatic heterocycles. The molecule has 2 aromatic heterocycles. The number of nitrogens with one attached hydrogen (secondary N) is 1. The summed E-state index contributed by atoms with van der Waals surface area (Å²) in [7, 11) is 0. The maximum absolute atomic E-state index is 12.4. The Morgan fingerprint density at radius 2 is 1.89 bits per heavy atom. The van der Waals surface area contributed by atoms with E-state index in [-0.39, 0.29) is 18.0 Å². The second kappa shape index (κ2) is 7.26. The summed E-state index contributed by atoms with van der Waals surface area (Å²) in [5.41, 5.74) is 1.18. The molecule has 0 saturated heterocycles. The van der Waals surface area contributed by atoms with Gasteiger partial charge in [0.05, 0.1) is 17.2 Å². The molecule has 0 spiro atoms. The second-order valence-electron chi connectivity index (χ2n) is 5.66. The number of fused-ring (bicyclic) bond motifs is 1. The van der Waals surface area contributed by atoms with Crippen molar-refractivity contribution in [1.82, 2.24) is 19.7 Å². The van der Waals surface area contributed by atoms with Crippen molar-refractivity contribution in [2.75, 3.05) is 5.32 Å². The van der Waals surface area contributed by atoms with E-state index in [9.17, 15) is 9.59 Å². The molecule has 4 rings (SSSR count). The molecular formula is C18H12ClN5O2S. The molecule has 27 heavy (non-hydrogen) atoms. The number of halogens is 1. The van der Waals surface area contributed by atoms with Gasteiger partial charge in [0, 0.05) is 10.6 Å². The quantitative estimate of drug-likeness (QED) is 0.571. The van der Waals surface area contributed by atoms with Crippen LogP contribution in [0.2, 0.25) is 5.02 Å². The fraction of sp³-hybridized carbons (Fsp3) is 0.0556. The number of anilines is 1. The summed E-state index contributed by atoms with van der Waals surface area (Å²) in [6, 6.07) is 14.2. The van der Waals surface area contributed by atoms with Crippen molar-refractivity contribution in [1.29, 1.82) is 0 Å². The lowest BCUT2D eigenvalue weighted by Crippen LogP contribution is -2.27. The summed E-state index contributed by atoms with van der Waals surface area (Å²) in [4.78, 5) is 28.9. The van der Waals surface area contributed by atoms with E-state index in [1.807, 2.05) is 12.1 Å². The SMILES string of the molecule is O=C(Cn1cnc2ccccc2c1=O)Nc1nnc(-c2ccc(Cl)cc2)s1. The lowest BCUT2D eigenvalue weighted by Gasteiger charge is -2.05. The lowest BCUT2D eigenvalue weighted by atomic mass is 10.2. The van der Waals surface area contributed by atoms with E-state index in [0.29, 0.717) is 26.1 Å². The van der Waals surface area contributed by atoms with Crippen LogP contribution < -0.4 is 10.9 Å². The number of rotatable bonds is 4. The van der Waals surface area contributed by atoms with Crippen LogP contribution in [0, 0.1) is 0 Å². The van der Waals surface area contributed by atoms with Crippen LogP contribution in [0.3, 0.4) is 0 Å². The number of hydrogen-bond donors (Lipinski definition) is 1. The fourth-order valence-electron chi connectivity index (χ4n) is 2.52. The van der Waals surface area contributed by atoms with Gasteiger partial charge in [-0.05, 0) is 24.3 Å². The van der Waals surface area contributed by atoms with Gasteiger partial charge in [0.1, 0.15) is 11.6 Å². The second-order valence-corrected chi connectivity index (χ2v) is 7.08. The molecule has 134 valence electrons. The van der Waals surface area contributed by atoms with E-state index in [2.05, 4.69) is 20.5 Å². The Hall–Kier alpha value is -3.10. The Morgan fingerprint density at radius 1 is 1.11 bits per heavy atom. The van der Waals surface area contributed by atoms with Crippen molar-refractivity contribution in [3.05, 3.63) is 70.2 Å². The summed E-state index contributed by atoms with van der Waals surface area (Å²) < 4.78 is 1.26. The highest BCUT2D eigenvalue weighted by molar-refractivity contribution is 7.18. The molecule has 2 heterocycles. The van der Waals surface area contributed by atoms with Gasteiger partial charge in [-0.3, -0.25) is 19.5 Å². The highest BCUT2D eigenvalue weighted by Crippen LogP contribution is 2.27. The van der Waals surface area contributed by atoms with Crippen LogP contribution in [-0.4, -0.2) is 25.7 Å². The smallest absolute Gasteiger partial charge is 0.261 e. The van der Waals surface area contributed by atoms with E-state index in [1.165, 1.54) is 22.2 Å². The minimum absolute atomic E-state index is 0.160. The standard InChI is InChI=1S/C18H12ClN5O2S/c19-12-7-5-11(6-8-12)16-22-23-18(27-16)21-15(25)9-24-10-20-14-4-2-1-3-13(14)17(24)26/h1-8,10H,9H2,(H,21,23,25). The maximum Gasteiger partial charge on any atom is 0.261 e. The summed E-state index contributed by atoms with van der Waals surface area (Å²) in [5, 5.41) is 12.8. The van der Waals surface area contributed by atoms with Crippen molar-refractivity contribution >= 4 is 44.9 Å². The van der Waals surface area contributed by atoms with Crippen molar-refractivity contribution < 1.29 is 4.79 Å². The number of aromatic nitrogens is 4. The Kier molecular flexibility index (Phi) is 4.66. The van der Waals surface area contributed by atoms with Crippen molar-refractivity contribution in [3.63, 3.8) is 0 Å². The molecule has 0 unspecified atom stereocenters. The van der Waals surface area contributed by atoms with Gasteiger partial charge in [0.15, 0.2) is 0 Å². The zero-order valence-electron chi connectivity index (χ0n) is 13.8. The number of para-hydroxylation sites is 1. The third-order valence-electron chi connectivity index (χ3n) is 3.81. The number of hydrogen-bond acceptors (Lipinski definition) is 6. The van der Waals surface area contributed by atoms with Crippen LogP contribution in [-0.2, 0) is 11.3 Å². The van der Waals surface area contributed by atoms with Crippen LogP contribution in [0.1, 0.15) is 0 Å². The van der Waals surface area contributed by atoms with Gasteiger partial charge in [0.2, 0.25) is 11.0 Å². The maximum atomic E-state index is 12.4. The molecule has 0 bridgehead atoms. The lowest BCUT2D eigenvalue weighted by molar-refractivity contribution is -0.116. The fourth-order valence-corrected chi connectivity index (χ4v) is 3.41. The molecule has 1 N–H and O–H groups in total. The van der Waals surface area contributed by atoms with Crippen molar-refractivity contribution in [2.45, 2.75) is 6.54 Å². The topological polar surface area (TPSA) is 89.8 Å². The van der Waals surface area contributed by atoms with Gasteiger partial charge in [-0.2, -0.15) is 0 Å². The van der Waals surface area contributed by atoms with Gasteiger partial charge >= 0.3 is 0 Å². The first-order valence-electron chi connectivity index (χ1n) is 7.93. The molecule has 7 nitrogen and oxygen atoms in total. The van der Waals surface area contributed by atoms with E-state index in [0.717, 1.165) is 5.56 Å². The molecule has 4 aromatic rings. The largest absolute Gasteiger partial charge is 0.299 e. The Bertz CT molecular complexity index is 1190. The third-order valence-corrected chi connectivity index (χ3v) is 4.95. The predicted octanol–water partition coefficient (Wildman–Crippen LogP) is 3.21. The summed E-state index contributed by atoms with van der Waals surface area (Å²) in [6.07, 6.45) is 1.36. The van der Waals surface area contributed by atoms with Crippen LogP contribution >= 0.6 is 22.9 Å². The summed E-state index contributed by atoms with van der Waals surface area (Å²) in [5.74, 6) is -0.381. The van der Waals surface area contributed by atoms with Gasteiger partial charge in [0.25, 0.3) is 5.56 Å². The number of benzene rings is 2. The Labute approximate surface area is 162 Å². The predicted molar refractivity (Wildman–Crippen MR) is 105 cm³/mol. The highest BCUT2D eigenvalue weighted by atomic mass is 35.5. The third kappa shape index (κ3) is 3.71. The van der Waals surface area contributed by atoms with Crippen molar-refractivity contribution in [2.24, 2.45) is 0 Å². The normalized spacial score (nSPS) is 10.9. The average Bonchev–Trinajstić information content (AvgIpc) is 3.13. The van der Waals surface area contributed by atoms with E-state index >= 15 is 0 Å². The molecule has 0 fully saturated rings. The van der Waals surface area contributed by atoms with Gasteiger partial charge in [-0.1, -0.05) is 47.2 Å². The monoisotopic (exact) mass is 397 g/mol. The van der Waals surface area contributed by atoms with Gasteiger partial charge < -0.3 is 0 Å². The molecule has 2 aromatic carbocycles. The number of carbonyl (C=O) groups is 1. The first-order chi connectivity index (χ1) is 13.1. The molecule has 0 radical (unpaired) electrons. The highest BCUT2D eigenvalue weighted by Gasteiger charge is 2.12. The average molecular weight is 398 g/mol. The van der Waals surface area contributed by atoms with E-state index in [1.54, 1.807) is 36.4 Å². The number of carbonyl (C=O) groups excluding carboxylic acids is 1. The van der Waals surface area contributed by atoms with Crippen LogP contribution in [0.5, 0.6) is 0 Å². The Morgan fingerprint density at radius 3 is 2.70 bits per heavy atom. The first-order valence-corrected chi connectivity index (χ1v) is 9.13. The zero-order valence-corrected chi connectivity index (χ0v) is 15.4.